The average molecular weight is 283 g/mol. The Kier molecular flexibility index (Phi) is 4.02. The number of likely N-dealkylation sites (N-methyl/N-ethyl adjacent to an activating group) is 1. The third-order valence-electron chi connectivity index (χ3n) is 2.22. The lowest BCUT2D eigenvalue weighted by Gasteiger charge is -2.02. The maximum absolute atomic E-state index is 12.0. The Morgan fingerprint density at radius 2 is 2.21 bits per heavy atom. The number of hydrogen-bond donors (Lipinski definition) is 2. The first-order valence-corrected chi connectivity index (χ1v) is 6.94. The average Bonchev–Trinajstić information content (AvgIpc) is 2.86. The Morgan fingerprint density at radius 3 is 2.89 bits per heavy atom. The molecule has 0 radical (unpaired) electrons. The lowest BCUT2D eigenvalue weighted by molar-refractivity contribution is 0.582. The van der Waals surface area contributed by atoms with Crippen LogP contribution in [0.25, 0.3) is 0 Å². The van der Waals surface area contributed by atoms with Gasteiger partial charge >= 0.3 is 0 Å². The molecule has 0 saturated carbocycles. The molecule has 0 aliphatic heterocycles. The molecule has 0 aliphatic rings. The van der Waals surface area contributed by atoms with Gasteiger partial charge in [-0.15, -0.1) is 5.10 Å². The first-order valence-electron chi connectivity index (χ1n) is 5.45. The highest BCUT2D eigenvalue weighted by atomic mass is 32.2. The summed E-state index contributed by atoms with van der Waals surface area (Å²) in [4.78, 5) is 3.80. The van der Waals surface area contributed by atoms with Crippen LogP contribution in [-0.2, 0) is 16.6 Å². The van der Waals surface area contributed by atoms with Gasteiger partial charge < -0.3 is 5.32 Å². The molecule has 0 aromatic carbocycles. The van der Waals surface area contributed by atoms with Crippen LogP contribution in [0.15, 0.2) is 29.7 Å². The largest absolute Gasteiger partial charge is 0.318 e. The van der Waals surface area contributed by atoms with Gasteiger partial charge in [0.25, 0.3) is 16.0 Å². The molecule has 0 fully saturated rings. The lowest BCUT2D eigenvalue weighted by atomic mass is 10.6. The highest BCUT2D eigenvalue weighted by Gasteiger charge is 2.17. The number of anilines is 1. The maximum Gasteiger partial charge on any atom is 0.267 e. The molecule has 2 rings (SSSR count). The Labute approximate surface area is 110 Å². The molecular weight excluding hydrogens is 270 g/mol. The molecule has 19 heavy (non-hydrogen) atoms. The molecule has 0 spiro atoms. The molecule has 10 heteroatoms. The van der Waals surface area contributed by atoms with E-state index in [2.05, 4.69) is 30.3 Å². The van der Waals surface area contributed by atoms with Crippen molar-refractivity contribution in [1.29, 1.82) is 0 Å². The summed E-state index contributed by atoms with van der Waals surface area (Å²) in [5.41, 5.74) is 0. The summed E-state index contributed by atoms with van der Waals surface area (Å²) in [7, 11) is -1.93. The second-order valence-corrected chi connectivity index (χ2v) is 5.30. The van der Waals surface area contributed by atoms with Crippen LogP contribution >= 0.6 is 0 Å². The second-order valence-electron chi connectivity index (χ2n) is 3.61. The third kappa shape index (κ3) is 3.45. The standard InChI is InChI=1S/C9H13N7O2S/c1-10-4-5-16-7-8(6-13-16)19(17,18)15-9-11-2-3-12-14-9/h2-3,6-7,10H,4-5H2,1H3,(H,11,14,15). The van der Waals surface area contributed by atoms with E-state index in [0.29, 0.717) is 13.1 Å². The summed E-state index contributed by atoms with van der Waals surface area (Å²) in [6.07, 6.45) is 5.42. The third-order valence-corrected chi connectivity index (χ3v) is 3.50. The van der Waals surface area contributed by atoms with Crippen LogP contribution in [0.1, 0.15) is 0 Å². The highest BCUT2D eigenvalue weighted by molar-refractivity contribution is 7.92. The van der Waals surface area contributed by atoms with Crippen molar-refractivity contribution in [3.63, 3.8) is 0 Å². The summed E-state index contributed by atoms with van der Waals surface area (Å²) in [5, 5.41) is 14.0. The molecule has 0 bridgehead atoms. The molecule has 0 atom stereocenters. The molecule has 2 heterocycles. The summed E-state index contributed by atoms with van der Waals surface area (Å²) < 4.78 is 27.8. The topological polar surface area (TPSA) is 115 Å². The van der Waals surface area contributed by atoms with Gasteiger partial charge in [-0.1, -0.05) is 0 Å². The van der Waals surface area contributed by atoms with Crippen molar-refractivity contribution in [2.24, 2.45) is 0 Å². The Bertz CT molecular complexity index is 625. The SMILES string of the molecule is CNCCn1cc(S(=O)(=O)Nc2nccnn2)cn1. The predicted molar refractivity (Wildman–Crippen MR) is 66.8 cm³/mol. The van der Waals surface area contributed by atoms with Gasteiger partial charge in [0.2, 0.25) is 0 Å². The molecule has 2 aromatic heterocycles. The Hall–Kier alpha value is -2.07. The fraction of sp³-hybridized carbons (Fsp3) is 0.333. The molecular formula is C9H13N7O2S. The van der Waals surface area contributed by atoms with Gasteiger partial charge in [-0.3, -0.25) is 4.68 Å². The monoisotopic (exact) mass is 283 g/mol. The van der Waals surface area contributed by atoms with Gasteiger partial charge in [-0.25, -0.2) is 18.1 Å². The van der Waals surface area contributed by atoms with E-state index in [1.165, 1.54) is 29.5 Å². The van der Waals surface area contributed by atoms with Crippen LogP contribution in [0.4, 0.5) is 5.95 Å². The maximum atomic E-state index is 12.0. The van der Waals surface area contributed by atoms with Gasteiger partial charge in [0, 0.05) is 12.7 Å². The molecule has 0 saturated heterocycles. The van der Waals surface area contributed by atoms with E-state index in [0.717, 1.165) is 0 Å². The quantitative estimate of drug-likeness (QED) is 0.705. The zero-order valence-corrected chi connectivity index (χ0v) is 11.0. The van der Waals surface area contributed by atoms with Gasteiger partial charge in [0.15, 0.2) is 0 Å². The van der Waals surface area contributed by atoms with Crippen LogP contribution in [0.2, 0.25) is 0 Å². The fourth-order valence-corrected chi connectivity index (χ4v) is 2.20. The van der Waals surface area contributed by atoms with Gasteiger partial charge in [-0.2, -0.15) is 10.2 Å². The number of sulfonamides is 1. The van der Waals surface area contributed by atoms with E-state index >= 15 is 0 Å². The number of nitrogens with zero attached hydrogens (tertiary/aromatic N) is 5. The predicted octanol–water partition coefficient (Wildman–Crippen LogP) is -0.912. The minimum atomic E-state index is -3.74. The van der Waals surface area contributed by atoms with Crippen molar-refractivity contribution < 1.29 is 8.42 Å². The number of nitrogens with one attached hydrogen (secondary N) is 2. The van der Waals surface area contributed by atoms with Crippen molar-refractivity contribution >= 4 is 16.0 Å². The molecule has 2 N–H and O–H groups in total. The summed E-state index contributed by atoms with van der Waals surface area (Å²) in [6, 6.07) is 0. The molecule has 9 nitrogen and oxygen atoms in total. The molecule has 2 aromatic rings. The Morgan fingerprint density at radius 1 is 1.37 bits per heavy atom. The van der Waals surface area contributed by atoms with Crippen LogP contribution in [0.3, 0.4) is 0 Å². The normalized spacial score (nSPS) is 11.4. The van der Waals surface area contributed by atoms with Gasteiger partial charge in [0.05, 0.1) is 25.1 Å². The summed E-state index contributed by atoms with van der Waals surface area (Å²) in [6.45, 7) is 1.27. The minimum absolute atomic E-state index is 0.0519. The van der Waals surface area contributed by atoms with Crippen LogP contribution in [0, 0.1) is 0 Å². The van der Waals surface area contributed by atoms with Crippen molar-refractivity contribution in [1.82, 2.24) is 30.3 Å². The number of hydrogen-bond acceptors (Lipinski definition) is 7. The van der Waals surface area contributed by atoms with Gasteiger partial charge in [-0.05, 0) is 7.05 Å². The van der Waals surface area contributed by atoms with Crippen molar-refractivity contribution in [3.8, 4) is 0 Å². The minimum Gasteiger partial charge on any atom is -0.318 e. The van der Waals surface area contributed by atoms with E-state index in [4.69, 9.17) is 0 Å². The van der Waals surface area contributed by atoms with Crippen LogP contribution in [-0.4, -0.2) is 47.0 Å². The van der Waals surface area contributed by atoms with Gasteiger partial charge in [0.1, 0.15) is 4.90 Å². The van der Waals surface area contributed by atoms with E-state index < -0.39 is 10.0 Å². The first-order chi connectivity index (χ1) is 9.12. The molecule has 0 unspecified atom stereocenters. The van der Waals surface area contributed by atoms with Crippen molar-refractivity contribution in [2.45, 2.75) is 11.4 Å². The van der Waals surface area contributed by atoms with Crippen LogP contribution < -0.4 is 10.0 Å². The van der Waals surface area contributed by atoms with E-state index in [1.54, 1.807) is 0 Å². The van der Waals surface area contributed by atoms with Crippen molar-refractivity contribution in [2.75, 3.05) is 18.3 Å². The number of rotatable bonds is 6. The molecule has 0 aliphatic carbocycles. The molecule has 0 amide bonds. The van der Waals surface area contributed by atoms with E-state index in [9.17, 15) is 8.42 Å². The summed E-state index contributed by atoms with van der Waals surface area (Å²) >= 11 is 0. The lowest BCUT2D eigenvalue weighted by Crippen LogP contribution is -2.16. The number of aromatic nitrogens is 5. The smallest absolute Gasteiger partial charge is 0.267 e. The zero-order chi connectivity index (χ0) is 13.7. The summed E-state index contributed by atoms with van der Waals surface area (Å²) in [5.74, 6) is -0.0783. The second kappa shape index (κ2) is 5.71. The van der Waals surface area contributed by atoms with Crippen LogP contribution in [0.5, 0.6) is 0 Å². The first kappa shape index (κ1) is 13.4. The Balaban J connectivity index is 2.13. The van der Waals surface area contributed by atoms with E-state index in [1.807, 2.05) is 7.05 Å². The highest BCUT2D eigenvalue weighted by Crippen LogP contribution is 2.10. The fourth-order valence-electron chi connectivity index (χ4n) is 1.31. The van der Waals surface area contributed by atoms with Crippen molar-refractivity contribution in [3.05, 3.63) is 24.8 Å². The van der Waals surface area contributed by atoms with E-state index in [-0.39, 0.29) is 10.8 Å². The molecule has 102 valence electrons. The zero-order valence-electron chi connectivity index (χ0n) is 10.2.